The molecular weight excluding hydrogens is 272 g/mol. The van der Waals surface area contributed by atoms with Gasteiger partial charge in [-0.2, -0.15) is 0 Å². The average Bonchev–Trinajstić information content (AvgIpc) is 2.67. The van der Waals surface area contributed by atoms with E-state index in [9.17, 15) is 0 Å². The highest BCUT2D eigenvalue weighted by Crippen LogP contribution is 2.20. The minimum absolute atomic E-state index is 1.03. The number of nitrogens with zero attached hydrogens (tertiary/aromatic N) is 1. The molecule has 0 radical (unpaired) electrons. The zero-order chi connectivity index (χ0) is 10.5. The van der Waals surface area contributed by atoms with E-state index < -0.39 is 0 Å². The van der Waals surface area contributed by atoms with Gasteiger partial charge in [0.1, 0.15) is 0 Å². The summed E-state index contributed by atoms with van der Waals surface area (Å²) in [6.45, 7) is 0. The molecule has 0 unspecified atom stereocenters. The predicted octanol–water partition coefficient (Wildman–Crippen LogP) is 3.83. The van der Waals surface area contributed by atoms with Gasteiger partial charge in [0.2, 0.25) is 0 Å². The number of fused-ring (bicyclic) bond motifs is 1. The van der Waals surface area contributed by atoms with Gasteiger partial charge in [0, 0.05) is 11.1 Å². The first-order chi connectivity index (χ1) is 7.40. The number of unbranched alkanes of at least 4 members (excludes halogenated alkanes) is 1. The van der Waals surface area contributed by atoms with Crippen molar-refractivity contribution in [3.05, 3.63) is 24.3 Å². The normalized spacial score (nSPS) is 11.0. The van der Waals surface area contributed by atoms with Gasteiger partial charge in [-0.15, -0.1) is 0 Å². The van der Waals surface area contributed by atoms with Gasteiger partial charge in [0.05, 0.1) is 11.0 Å². The smallest absolute Gasteiger partial charge is 0.166 e. The summed E-state index contributed by atoms with van der Waals surface area (Å²) in [6, 6.07) is 8.14. The molecule has 1 N–H and O–H groups in total. The van der Waals surface area contributed by atoms with Crippen molar-refractivity contribution in [3.8, 4) is 0 Å². The molecule has 0 amide bonds. The third kappa shape index (κ3) is 2.98. The molecule has 2 rings (SSSR count). The summed E-state index contributed by atoms with van der Waals surface area (Å²) < 4.78 is 0. The number of imidazole rings is 1. The molecule has 0 aliphatic rings. The van der Waals surface area contributed by atoms with E-state index in [0.717, 1.165) is 27.3 Å². The van der Waals surface area contributed by atoms with Crippen LogP contribution in [-0.4, -0.2) is 21.1 Å². The van der Waals surface area contributed by atoms with E-state index in [0.29, 0.717) is 0 Å². The van der Waals surface area contributed by atoms with E-state index >= 15 is 0 Å². The van der Waals surface area contributed by atoms with Crippen LogP contribution in [0.2, 0.25) is 0 Å². The number of nitrogens with one attached hydrogen (secondary N) is 1. The maximum Gasteiger partial charge on any atom is 0.166 e. The number of aromatic nitrogens is 2. The Balaban J connectivity index is 1.97. The number of halogens is 1. The van der Waals surface area contributed by atoms with Crippen LogP contribution < -0.4 is 0 Å². The Morgan fingerprint density at radius 3 is 2.93 bits per heavy atom. The molecule has 1 aromatic heterocycles. The van der Waals surface area contributed by atoms with Gasteiger partial charge >= 0.3 is 0 Å². The van der Waals surface area contributed by atoms with Crippen molar-refractivity contribution >= 4 is 38.7 Å². The van der Waals surface area contributed by atoms with Crippen LogP contribution >= 0.6 is 27.7 Å². The first kappa shape index (κ1) is 11.0. The van der Waals surface area contributed by atoms with Gasteiger partial charge in [0.15, 0.2) is 5.16 Å². The van der Waals surface area contributed by atoms with E-state index in [1.54, 1.807) is 11.8 Å². The molecule has 1 aromatic carbocycles. The molecule has 0 atom stereocenters. The van der Waals surface area contributed by atoms with Gasteiger partial charge in [-0.3, -0.25) is 0 Å². The van der Waals surface area contributed by atoms with Crippen LogP contribution in [0.5, 0.6) is 0 Å². The summed E-state index contributed by atoms with van der Waals surface area (Å²) in [4.78, 5) is 7.82. The molecule has 0 saturated carbocycles. The van der Waals surface area contributed by atoms with E-state index in [4.69, 9.17) is 0 Å². The van der Waals surface area contributed by atoms with Crippen LogP contribution in [0.1, 0.15) is 12.8 Å². The number of para-hydroxylation sites is 2. The molecular formula is C11H13BrN2S. The van der Waals surface area contributed by atoms with Gasteiger partial charge in [0.25, 0.3) is 0 Å². The van der Waals surface area contributed by atoms with Crippen LogP contribution in [-0.2, 0) is 0 Å². The number of aromatic amines is 1. The molecule has 0 aliphatic heterocycles. The summed E-state index contributed by atoms with van der Waals surface area (Å²) in [5.41, 5.74) is 2.18. The quantitative estimate of drug-likeness (QED) is 0.514. The molecule has 2 nitrogen and oxygen atoms in total. The van der Waals surface area contributed by atoms with Crippen LogP contribution in [0, 0.1) is 0 Å². The summed E-state index contributed by atoms with van der Waals surface area (Å²) in [5, 5.41) is 2.12. The number of hydrogen-bond donors (Lipinski definition) is 1. The molecule has 0 saturated heterocycles. The highest BCUT2D eigenvalue weighted by Gasteiger charge is 2.01. The second-order valence-electron chi connectivity index (χ2n) is 3.30. The lowest BCUT2D eigenvalue weighted by atomic mass is 10.3. The van der Waals surface area contributed by atoms with Gasteiger partial charge in [-0.05, 0) is 25.0 Å². The van der Waals surface area contributed by atoms with Crippen LogP contribution in [0.3, 0.4) is 0 Å². The number of thioether (sulfide) groups is 1. The third-order valence-corrected chi connectivity index (χ3v) is 3.65. The van der Waals surface area contributed by atoms with Crippen molar-refractivity contribution in [3.63, 3.8) is 0 Å². The van der Waals surface area contributed by atoms with Crippen molar-refractivity contribution in [2.75, 3.05) is 11.1 Å². The highest BCUT2D eigenvalue weighted by molar-refractivity contribution is 9.09. The number of benzene rings is 1. The van der Waals surface area contributed by atoms with Crippen molar-refractivity contribution in [1.82, 2.24) is 9.97 Å². The summed E-state index contributed by atoms with van der Waals surface area (Å²) in [7, 11) is 0. The highest BCUT2D eigenvalue weighted by atomic mass is 79.9. The monoisotopic (exact) mass is 284 g/mol. The molecule has 0 spiro atoms. The fraction of sp³-hybridized carbons (Fsp3) is 0.364. The van der Waals surface area contributed by atoms with Gasteiger partial charge in [-0.1, -0.05) is 39.8 Å². The Hall–Kier alpha value is -0.480. The van der Waals surface area contributed by atoms with Crippen molar-refractivity contribution in [1.29, 1.82) is 0 Å². The lowest BCUT2D eigenvalue weighted by Crippen LogP contribution is -1.82. The zero-order valence-corrected chi connectivity index (χ0v) is 10.8. The fourth-order valence-electron chi connectivity index (χ4n) is 1.36. The molecule has 0 bridgehead atoms. The van der Waals surface area contributed by atoms with E-state index in [1.807, 2.05) is 18.2 Å². The summed E-state index contributed by atoms with van der Waals surface area (Å²) in [6.07, 6.45) is 2.46. The van der Waals surface area contributed by atoms with E-state index in [1.165, 1.54) is 12.8 Å². The molecule has 0 aliphatic carbocycles. The molecule has 1 heterocycles. The first-order valence-electron chi connectivity index (χ1n) is 5.03. The molecule has 2 aromatic rings. The zero-order valence-electron chi connectivity index (χ0n) is 8.37. The Morgan fingerprint density at radius 2 is 2.13 bits per heavy atom. The Bertz CT molecular complexity index is 394. The molecule has 4 heteroatoms. The standard InChI is InChI=1S/C11H13BrN2S/c12-7-3-4-8-15-11-13-9-5-1-2-6-10(9)14-11/h1-2,5-6H,3-4,7-8H2,(H,13,14). The van der Waals surface area contributed by atoms with E-state index in [-0.39, 0.29) is 0 Å². The minimum Gasteiger partial charge on any atom is -0.333 e. The minimum atomic E-state index is 1.03. The lowest BCUT2D eigenvalue weighted by molar-refractivity contribution is 0.909. The summed E-state index contributed by atoms with van der Waals surface area (Å²) >= 11 is 5.23. The number of H-pyrrole nitrogens is 1. The SMILES string of the molecule is BrCCCCSc1nc2ccccc2[nH]1. The second-order valence-corrected chi connectivity index (χ2v) is 5.18. The lowest BCUT2D eigenvalue weighted by Gasteiger charge is -1.95. The maximum absolute atomic E-state index is 4.51. The van der Waals surface area contributed by atoms with Crippen LogP contribution in [0.4, 0.5) is 0 Å². The fourth-order valence-corrected chi connectivity index (χ4v) is 2.65. The van der Waals surface area contributed by atoms with Gasteiger partial charge in [-0.25, -0.2) is 4.98 Å². The second kappa shape index (κ2) is 5.56. The van der Waals surface area contributed by atoms with Crippen molar-refractivity contribution in [2.45, 2.75) is 18.0 Å². The summed E-state index contributed by atoms with van der Waals surface area (Å²) in [5.74, 6) is 1.13. The van der Waals surface area contributed by atoms with Crippen LogP contribution in [0.25, 0.3) is 11.0 Å². The van der Waals surface area contributed by atoms with Crippen LogP contribution in [0.15, 0.2) is 29.4 Å². The molecule has 0 fully saturated rings. The average molecular weight is 285 g/mol. The Labute approximate surface area is 102 Å². The number of rotatable bonds is 5. The predicted molar refractivity (Wildman–Crippen MR) is 69.8 cm³/mol. The molecule has 15 heavy (non-hydrogen) atoms. The van der Waals surface area contributed by atoms with Gasteiger partial charge < -0.3 is 4.98 Å². The third-order valence-electron chi connectivity index (χ3n) is 2.13. The maximum atomic E-state index is 4.51. The number of alkyl halides is 1. The largest absolute Gasteiger partial charge is 0.333 e. The first-order valence-corrected chi connectivity index (χ1v) is 7.14. The van der Waals surface area contributed by atoms with E-state index in [2.05, 4.69) is 32.0 Å². The topological polar surface area (TPSA) is 28.7 Å². The molecule has 80 valence electrons. The van der Waals surface area contributed by atoms with Crippen molar-refractivity contribution < 1.29 is 0 Å². The number of hydrogen-bond acceptors (Lipinski definition) is 2. The Morgan fingerprint density at radius 1 is 1.27 bits per heavy atom. The van der Waals surface area contributed by atoms with Crippen molar-refractivity contribution in [2.24, 2.45) is 0 Å². The Kier molecular flexibility index (Phi) is 4.09.